The van der Waals surface area contributed by atoms with E-state index >= 15 is 0 Å². The van der Waals surface area contributed by atoms with Gasteiger partial charge in [0.2, 0.25) is 0 Å². The lowest BCUT2D eigenvalue weighted by Crippen LogP contribution is -2.23. The standard InChI is InChI=1S/C14H20ClNO.ClH/c1-17-13-9-11(7-8-12(13)15)14(16)10-5-3-2-4-6-10;/h7-10,14H,2-6,16H2,1H3;1H/t14-;/m1./s1. The highest BCUT2D eigenvalue weighted by Crippen LogP contribution is 2.35. The second kappa shape index (κ2) is 7.22. The quantitative estimate of drug-likeness (QED) is 0.898. The Hall–Kier alpha value is -0.440. The van der Waals surface area contributed by atoms with E-state index in [-0.39, 0.29) is 18.4 Å². The predicted molar refractivity (Wildman–Crippen MR) is 78.8 cm³/mol. The molecule has 0 heterocycles. The second-order valence-electron chi connectivity index (χ2n) is 4.82. The van der Waals surface area contributed by atoms with Gasteiger partial charge in [0.05, 0.1) is 12.1 Å². The molecule has 0 saturated heterocycles. The van der Waals surface area contributed by atoms with Crippen LogP contribution in [0.25, 0.3) is 0 Å². The van der Waals surface area contributed by atoms with Crippen molar-refractivity contribution >= 4 is 24.0 Å². The van der Waals surface area contributed by atoms with Gasteiger partial charge in [0.15, 0.2) is 0 Å². The first-order chi connectivity index (χ1) is 8.22. The Morgan fingerprint density at radius 1 is 1.28 bits per heavy atom. The van der Waals surface area contributed by atoms with E-state index in [0.717, 1.165) is 11.3 Å². The van der Waals surface area contributed by atoms with Crippen molar-refractivity contribution < 1.29 is 4.74 Å². The van der Waals surface area contributed by atoms with Crippen molar-refractivity contribution in [2.24, 2.45) is 11.7 Å². The van der Waals surface area contributed by atoms with Crippen molar-refractivity contribution in [2.75, 3.05) is 7.11 Å². The Balaban J connectivity index is 0.00000162. The summed E-state index contributed by atoms with van der Waals surface area (Å²) in [6.07, 6.45) is 6.46. The summed E-state index contributed by atoms with van der Waals surface area (Å²) in [5, 5.41) is 0.645. The topological polar surface area (TPSA) is 35.2 Å². The maximum atomic E-state index is 6.34. The zero-order chi connectivity index (χ0) is 12.3. The van der Waals surface area contributed by atoms with Gasteiger partial charge in [-0.15, -0.1) is 12.4 Å². The van der Waals surface area contributed by atoms with Crippen molar-refractivity contribution in [1.29, 1.82) is 0 Å². The number of halogens is 2. The van der Waals surface area contributed by atoms with Gasteiger partial charge in [-0.1, -0.05) is 36.9 Å². The van der Waals surface area contributed by atoms with Crippen LogP contribution in [0.2, 0.25) is 5.02 Å². The molecule has 1 aromatic carbocycles. The summed E-state index contributed by atoms with van der Waals surface area (Å²) in [4.78, 5) is 0. The number of nitrogens with two attached hydrogens (primary N) is 1. The van der Waals surface area contributed by atoms with Crippen LogP contribution in [0.5, 0.6) is 5.75 Å². The third-order valence-electron chi connectivity index (χ3n) is 3.72. The fraction of sp³-hybridized carbons (Fsp3) is 0.571. The Morgan fingerprint density at radius 3 is 2.56 bits per heavy atom. The Bertz CT molecular complexity index is 378. The summed E-state index contributed by atoms with van der Waals surface area (Å²) >= 11 is 6.02. The molecule has 18 heavy (non-hydrogen) atoms. The number of hydrogen-bond acceptors (Lipinski definition) is 2. The normalized spacial score (nSPS) is 17.9. The summed E-state index contributed by atoms with van der Waals surface area (Å²) in [6, 6.07) is 5.98. The van der Waals surface area contributed by atoms with Gasteiger partial charge >= 0.3 is 0 Å². The van der Waals surface area contributed by atoms with E-state index in [1.165, 1.54) is 32.1 Å². The fourth-order valence-electron chi connectivity index (χ4n) is 2.65. The van der Waals surface area contributed by atoms with Crippen LogP contribution in [-0.4, -0.2) is 7.11 Å². The molecule has 4 heteroatoms. The lowest BCUT2D eigenvalue weighted by Gasteiger charge is -2.28. The highest BCUT2D eigenvalue weighted by atomic mass is 35.5. The zero-order valence-corrected chi connectivity index (χ0v) is 12.3. The molecule has 0 radical (unpaired) electrons. The highest BCUT2D eigenvalue weighted by molar-refractivity contribution is 6.32. The van der Waals surface area contributed by atoms with E-state index < -0.39 is 0 Å². The van der Waals surface area contributed by atoms with E-state index in [4.69, 9.17) is 22.1 Å². The van der Waals surface area contributed by atoms with Crippen LogP contribution in [0, 0.1) is 5.92 Å². The zero-order valence-electron chi connectivity index (χ0n) is 10.7. The second-order valence-corrected chi connectivity index (χ2v) is 5.23. The summed E-state index contributed by atoms with van der Waals surface area (Å²) in [5.41, 5.74) is 7.48. The Kier molecular flexibility index (Phi) is 6.27. The van der Waals surface area contributed by atoms with Crippen molar-refractivity contribution in [2.45, 2.75) is 38.1 Å². The van der Waals surface area contributed by atoms with E-state index in [0.29, 0.717) is 10.9 Å². The van der Waals surface area contributed by atoms with Gasteiger partial charge in [-0.05, 0) is 36.5 Å². The number of ether oxygens (including phenoxy) is 1. The van der Waals surface area contributed by atoms with Crippen LogP contribution in [0.4, 0.5) is 0 Å². The minimum Gasteiger partial charge on any atom is -0.495 e. The maximum absolute atomic E-state index is 6.34. The molecule has 1 aromatic rings. The smallest absolute Gasteiger partial charge is 0.137 e. The van der Waals surface area contributed by atoms with Gasteiger partial charge in [0.25, 0.3) is 0 Å². The lowest BCUT2D eigenvalue weighted by molar-refractivity contribution is 0.307. The molecule has 0 amide bonds. The maximum Gasteiger partial charge on any atom is 0.137 e. The van der Waals surface area contributed by atoms with Crippen LogP contribution >= 0.6 is 24.0 Å². The van der Waals surface area contributed by atoms with Gasteiger partial charge in [-0.25, -0.2) is 0 Å². The minimum absolute atomic E-state index is 0. The minimum atomic E-state index is 0. The third-order valence-corrected chi connectivity index (χ3v) is 4.03. The predicted octanol–water partition coefficient (Wildman–Crippen LogP) is 4.35. The lowest BCUT2D eigenvalue weighted by atomic mass is 9.81. The molecule has 1 saturated carbocycles. The van der Waals surface area contributed by atoms with Gasteiger partial charge < -0.3 is 10.5 Å². The summed E-state index contributed by atoms with van der Waals surface area (Å²) in [7, 11) is 1.64. The van der Waals surface area contributed by atoms with Crippen molar-refractivity contribution in [1.82, 2.24) is 0 Å². The van der Waals surface area contributed by atoms with E-state index in [9.17, 15) is 0 Å². The molecular weight excluding hydrogens is 269 g/mol. The summed E-state index contributed by atoms with van der Waals surface area (Å²) in [5.74, 6) is 1.32. The first-order valence-electron chi connectivity index (χ1n) is 6.31. The van der Waals surface area contributed by atoms with Gasteiger partial charge in [0.1, 0.15) is 5.75 Å². The molecule has 2 N–H and O–H groups in total. The fourth-order valence-corrected chi connectivity index (χ4v) is 2.84. The molecule has 0 bridgehead atoms. The van der Waals surface area contributed by atoms with Crippen molar-refractivity contribution in [3.05, 3.63) is 28.8 Å². The number of hydrogen-bond donors (Lipinski definition) is 1. The monoisotopic (exact) mass is 289 g/mol. The molecule has 0 unspecified atom stereocenters. The van der Waals surface area contributed by atoms with Crippen LogP contribution in [0.3, 0.4) is 0 Å². The highest BCUT2D eigenvalue weighted by Gasteiger charge is 2.22. The average Bonchev–Trinajstić information content (AvgIpc) is 2.39. The van der Waals surface area contributed by atoms with E-state index in [2.05, 4.69) is 0 Å². The molecule has 1 aliphatic rings. The van der Waals surface area contributed by atoms with Gasteiger partial charge in [0, 0.05) is 6.04 Å². The molecule has 0 spiro atoms. The van der Waals surface area contributed by atoms with Crippen LogP contribution in [0.1, 0.15) is 43.7 Å². The largest absolute Gasteiger partial charge is 0.495 e. The van der Waals surface area contributed by atoms with Gasteiger partial charge in [-0.3, -0.25) is 0 Å². The molecule has 0 aliphatic heterocycles. The summed E-state index contributed by atoms with van der Waals surface area (Å²) < 4.78 is 5.24. The molecule has 2 rings (SSSR count). The SMILES string of the molecule is COc1cc([C@H](N)C2CCCCC2)ccc1Cl.Cl. The van der Waals surface area contributed by atoms with E-state index in [1.54, 1.807) is 7.11 Å². The Labute approximate surface area is 120 Å². The Morgan fingerprint density at radius 2 is 1.94 bits per heavy atom. The first-order valence-corrected chi connectivity index (χ1v) is 6.69. The molecule has 0 aromatic heterocycles. The molecule has 1 aliphatic carbocycles. The summed E-state index contributed by atoms with van der Waals surface area (Å²) in [6.45, 7) is 0. The van der Waals surface area contributed by atoms with Gasteiger partial charge in [-0.2, -0.15) is 0 Å². The van der Waals surface area contributed by atoms with Crippen LogP contribution in [-0.2, 0) is 0 Å². The first kappa shape index (κ1) is 15.6. The number of rotatable bonds is 3. The molecule has 102 valence electrons. The number of methoxy groups -OCH3 is 1. The third kappa shape index (κ3) is 3.53. The van der Waals surface area contributed by atoms with Crippen molar-refractivity contribution in [3.63, 3.8) is 0 Å². The van der Waals surface area contributed by atoms with Crippen molar-refractivity contribution in [3.8, 4) is 5.75 Å². The molecular formula is C14H21Cl2NO. The van der Waals surface area contributed by atoms with Crippen LogP contribution < -0.4 is 10.5 Å². The molecule has 1 atom stereocenters. The molecule has 1 fully saturated rings. The molecule has 2 nitrogen and oxygen atoms in total. The van der Waals surface area contributed by atoms with E-state index in [1.807, 2.05) is 18.2 Å². The van der Waals surface area contributed by atoms with Crippen LogP contribution in [0.15, 0.2) is 18.2 Å². The number of benzene rings is 1. The average molecular weight is 290 g/mol.